The minimum Gasteiger partial charge on any atom is -0.323 e. The van der Waals surface area contributed by atoms with Gasteiger partial charge < -0.3 is 5.73 Å². The average molecular weight is 284 g/mol. The quantitative estimate of drug-likeness (QED) is 0.722. The first kappa shape index (κ1) is 14.9. The van der Waals surface area contributed by atoms with Gasteiger partial charge in [0.2, 0.25) is 0 Å². The van der Waals surface area contributed by atoms with Crippen molar-refractivity contribution in [2.75, 3.05) is 6.54 Å². The fourth-order valence-corrected chi connectivity index (χ4v) is 1.65. The van der Waals surface area contributed by atoms with Crippen LogP contribution in [0, 0.1) is 0 Å². The molecule has 1 rings (SSSR count). The number of hydrogen-bond donors (Lipinski definition) is 3. The first-order chi connectivity index (χ1) is 8.09. The van der Waals surface area contributed by atoms with Gasteiger partial charge in [-0.3, -0.25) is 4.55 Å². The SMILES string of the molecule is NC(CNS(=O)(=O)O)c1cccc(C(F)(F)F)c1. The predicted octanol–water partition coefficient (Wildman–Crippen LogP) is 1.10. The molecular formula is C9H11F3N2O3S. The van der Waals surface area contributed by atoms with Gasteiger partial charge in [-0.05, 0) is 17.7 Å². The number of rotatable bonds is 4. The van der Waals surface area contributed by atoms with E-state index in [1.54, 1.807) is 4.72 Å². The molecule has 0 heterocycles. The number of benzene rings is 1. The predicted molar refractivity (Wildman–Crippen MR) is 57.9 cm³/mol. The normalized spacial score (nSPS) is 14.5. The van der Waals surface area contributed by atoms with E-state index in [0.717, 1.165) is 12.1 Å². The molecule has 0 bridgehead atoms. The molecule has 102 valence electrons. The Morgan fingerprint density at radius 2 is 2.00 bits per heavy atom. The third-order valence-electron chi connectivity index (χ3n) is 2.13. The maximum atomic E-state index is 12.4. The van der Waals surface area contributed by atoms with E-state index in [0.29, 0.717) is 0 Å². The van der Waals surface area contributed by atoms with Crippen molar-refractivity contribution < 1.29 is 26.1 Å². The molecule has 0 aliphatic carbocycles. The first-order valence-electron chi connectivity index (χ1n) is 4.74. The zero-order valence-electron chi connectivity index (χ0n) is 8.98. The Balaban J connectivity index is 2.84. The van der Waals surface area contributed by atoms with E-state index in [1.165, 1.54) is 12.1 Å². The van der Waals surface area contributed by atoms with Crippen molar-refractivity contribution in [3.8, 4) is 0 Å². The highest BCUT2D eigenvalue weighted by Gasteiger charge is 2.30. The minimum absolute atomic E-state index is 0.112. The van der Waals surface area contributed by atoms with Crippen LogP contribution in [0.4, 0.5) is 13.2 Å². The van der Waals surface area contributed by atoms with Gasteiger partial charge in [0, 0.05) is 12.6 Å². The zero-order chi connectivity index (χ0) is 14.0. The molecule has 0 aromatic heterocycles. The number of alkyl halides is 3. The van der Waals surface area contributed by atoms with Crippen LogP contribution >= 0.6 is 0 Å². The Morgan fingerprint density at radius 1 is 1.39 bits per heavy atom. The van der Waals surface area contributed by atoms with Crippen molar-refractivity contribution in [3.63, 3.8) is 0 Å². The molecular weight excluding hydrogens is 273 g/mol. The summed E-state index contributed by atoms with van der Waals surface area (Å²) >= 11 is 0. The van der Waals surface area contributed by atoms with Gasteiger partial charge in [-0.15, -0.1) is 0 Å². The van der Waals surface area contributed by atoms with Crippen molar-refractivity contribution in [1.29, 1.82) is 0 Å². The summed E-state index contributed by atoms with van der Waals surface area (Å²) in [5, 5.41) is 0. The summed E-state index contributed by atoms with van der Waals surface area (Å²) in [7, 11) is -4.42. The van der Waals surface area contributed by atoms with Gasteiger partial charge in [0.1, 0.15) is 0 Å². The van der Waals surface area contributed by atoms with Crippen LogP contribution in [0.2, 0.25) is 0 Å². The van der Waals surface area contributed by atoms with E-state index in [9.17, 15) is 21.6 Å². The Bertz CT molecular complexity index is 516. The van der Waals surface area contributed by atoms with Gasteiger partial charge in [0.25, 0.3) is 0 Å². The molecule has 0 saturated carbocycles. The lowest BCUT2D eigenvalue weighted by molar-refractivity contribution is -0.137. The van der Waals surface area contributed by atoms with Crippen LogP contribution in [0.15, 0.2) is 24.3 Å². The van der Waals surface area contributed by atoms with Crippen molar-refractivity contribution in [1.82, 2.24) is 4.72 Å². The summed E-state index contributed by atoms with van der Waals surface area (Å²) in [5.41, 5.74) is 4.75. The lowest BCUT2D eigenvalue weighted by Crippen LogP contribution is -2.31. The number of hydrogen-bond acceptors (Lipinski definition) is 3. The molecule has 0 aliphatic heterocycles. The molecule has 0 fully saturated rings. The topological polar surface area (TPSA) is 92.4 Å². The van der Waals surface area contributed by atoms with Crippen LogP contribution in [0.5, 0.6) is 0 Å². The Hall–Kier alpha value is -1.16. The third-order valence-corrected chi connectivity index (χ3v) is 2.66. The maximum absolute atomic E-state index is 12.4. The van der Waals surface area contributed by atoms with Crippen LogP contribution in [0.3, 0.4) is 0 Å². The van der Waals surface area contributed by atoms with Gasteiger partial charge >= 0.3 is 16.5 Å². The average Bonchev–Trinajstić information content (AvgIpc) is 2.24. The van der Waals surface area contributed by atoms with Crippen molar-refractivity contribution in [2.24, 2.45) is 5.73 Å². The van der Waals surface area contributed by atoms with Gasteiger partial charge in [0.15, 0.2) is 0 Å². The summed E-state index contributed by atoms with van der Waals surface area (Å²) < 4.78 is 68.2. The molecule has 0 radical (unpaired) electrons. The van der Waals surface area contributed by atoms with Gasteiger partial charge in [-0.1, -0.05) is 12.1 Å². The van der Waals surface area contributed by atoms with E-state index in [2.05, 4.69) is 0 Å². The van der Waals surface area contributed by atoms with Crippen molar-refractivity contribution >= 4 is 10.3 Å². The highest BCUT2D eigenvalue weighted by molar-refractivity contribution is 7.83. The molecule has 0 amide bonds. The van der Waals surface area contributed by atoms with E-state index in [1.807, 2.05) is 0 Å². The number of nitrogens with one attached hydrogen (secondary N) is 1. The smallest absolute Gasteiger partial charge is 0.323 e. The third kappa shape index (κ3) is 4.61. The molecule has 1 unspecified atom stereocenters. The second-order valence-electron chi connectivity index (χ2n) is 3.55. The van der Waals surface area contributed by atoms with E-state index in [4.69, 9.17) is 10.3 Å². The molecule has 1 atom stereocenters. The fraction of sp³-hybridized carbons (Fsp3) is 0.333. The maximum Gasteiger partial charge on any atom is 0.416 e. The van der Waals surface area contributed by atoms with Crippen LogP contribution in [-0.2, 0) is 16.5 Å². The van der Waals surface area contributed by atoms with E-state index in [-0.39, 0.29) is 5.56 Å². The Kier molecular flexibility index (Phi) is 4.32. The summed E-state index contributed by atoms with van der Waals surface area (Å²) in [6.07, 6.45) is -4.49. The molecule has 18 heavy (non-hydrogen) atoms. The molecule has 1 aromatic carbocycles. The first-order valence-corrected chi connectivity index (χ1v) is 6.18. The van der Waals surface area contributed by atoms with Gasteiger partial charge in [-0.2, -0.15) is 26.3 Å². The monoisotopic (exact) mass is 284 g/mol. The molecule has 0 aliphatic rings. The van der Waals surface area contributed by atoms with Crippen LogP contribution in [0.25, 0.3) is 0 Å². The molecule has 0 spiro atoms. The Labute approximate surface area is 102 Å². The van der Waals surface area contributed by atoms with E-state index < -0.39 is 34.6 Å². The summed E-state index contributed by atoms with van der Waals surface area (Å²) in [5.74, 6) is 0. The summed E-state index contributed by atoms with van der Waals surface area (Å²) in [6.45, 7) is -0.403. The molecule has 5 nitrogen and oxygen atoms in total. The van der Waals surface area contributed by atoms with Crippen molar-refractivity contribution in [2.45, 2.75) is 12.2 Å². The molecule has 1 aromatic rings. The van der Waals surface area contributed by atoms with Gasteiger partial charge in [-0.25, -0.2) is 0 Å². The standard InChI is InChI=1S/C9H11F3N2O3S/c10-9(11,12)7-3-1-2-6(4-7)8(13)5-14-18(15,16)17/h1-4,8,14H,5,13H2,(H,15,16,17). The summed E-state index contributed by atoms with van der Waals surface area (Å²) in [4.78, 5) is 0. The number of halogens is 3. The highest BCUT2D eigenvalue weighted by Crippen LogP contribution is 2.30. The molecule has 0 saturated heterocycles. The largest absolute Gasteiger partial charge is 0.416 e. The second kappa shape index (κ2) is 5.22. The van der Waals surface area contributed by atoms with Crippen molar-refractivity contribution in [3.05, 3.63) is 35.4 Å². The lowest BCUT2D eigenvalue weighted by atomic mass is 10.0. The summed E-state index contributed by atoms with van der Waals surface area (Å²) in [6, 6.07) is 3.23. The van der Waals surface area contributed by atoms with Crippen LogP contribution < -0.4 is 10.5 Å². The second-order valence-corrected chi connectivity index (χ2v) is 4.79. The Morgan fingerprint density at radius 3 is 2.50 bits per heavy atom. The molecule has 9 heteroatoms. The molecule has 4 N–H and O–H groups in total. The number of nitrogens with two attached hydrogens (primary N) is 1. The van der Waals surface area contributed by atoms with Gasteiger partial charge in [0.05, 0.1) is 5.56 Å². The van der Waals surface area contributed by atoms with Crippen LogP contribution in [0.1, 0.15) is 17.2 Å². The van der Waals surface area contributed by atoms with Crippen LogP contribution in [-0.4, -0.2) is 19.5 Å². The zero-order valence-corrected chi connectivity index (χ0v) is 9.79. The minimum atomic E-state index is -4.49. The lowest BCUT2D eigenvalue weighted by Gasteiger charge is -2.14. The highest BCUT2D eigenvalue weighted by atomic mass is 32.2. The van der Waals surface area contributed by atoms with E-state index >= 15 is 0 Å². The fourth-order valence-electron chi connectivity index (χ4n) is 1.26.